The molecule has 7 nitrogen and oxygen atoms in total. The van der Waals surface area contributed by atoms with Crippen molar-refractivity contribution in [3.8, 4) is 11.5 Å². The fourth-order valence-corrected chi connectivity index (χ4v) is 3.70. The van der Waals surface area contributed by atoms with Gasteiger partial charge >= 0.3 is 0 Å². The van der Waals surface area contributed by atoms with E-state index in [1.807, 2.05) is 17.6 Å². The zero-order valence-corrected chi connectivity index (χ0v) is 13.8. The van der Waals surface area contributed by atoms with Crippen LogP contribution in [-0.2, 0) is 0 Å². The molecule has 0 radical (unpaired) electrons. The van der Waals surface area contributed by atoms with E-state index in [2.05, 4.69) is 25.4 Å². The predicted molar refractivity (Wildman–Crippen MR) is 91.1 cm³/mol. The Morgan fingerprint density at radius 3 is 3.29 bits per heavy atom. The van der Waals surface area contributed by atoms with Crippen LogP contribution in [0.15, 0.2) is 40.5 Å². The topological polar surface area (TPSA) is 87.0 Å². The molecule has 8 heteroatoms. The van der Waals surface area contributed by atoms with Gasteiger partial charge in [-0.1, -0.05) is 0 Å². The van der Waals surface area contributed by atoms with Gasteiger partial charge in [0, 0.05) is 36.8 Å². The van der Waals surface area contributed by atoms with E-state index in [9.17, 15) is 4.79 Å². The van der Waals surface area contributed by atoms with Gasteiger partial charge in [0.05, 0.1) is 6.26 Å². The molecule has 0 bridgehead atoms. The van der Waals surface area contributed by atoms with E-state index in [1.165, 1.54) is 0 Å². The van der Waals surface area contributed by atoms with Gasteiger partial charge in [0.2, 0.25) is 0 Å². The van der Waals surface area contributed by atoms with E-state index in [4.69, 9.17) is 4.42 Å². The molecule has 1 aliphatic heterocycles. The highest BCUT2D eigenvalue weighted by molar-refractivity contribution is 7.13. The van der Waals surface area contributed by atoms with Gasteiger partial charge in [0.1, 0.15) is 5.69 Å². The Morgan fingerprint density at radius 2 is 2.50 bits per heavy atom. The second kappa shape index (κ2) is 6.48. The molecule has 1 saturated heterocycles. The van der Waals surface area contributed by atoms with Crippen molar-refractivity contribution in [1.29, 1.82) is 0 Å². The first-order valence-electron chi connectivity index (χ1n) is 7.85. The highest BCUT2D eigenvalue weighted by atomic mass is 32.1. The average Bonchev–Trinajstić information content (AvgIpc) is 3.40. The second-order valence-corrected chi connectivity index (χ2v) is 6.53. The summed E-state index contributed by atoms with van der Waals surface area (Å²) >= 11 is 1.63. The molecule has 3 aromatic heterocycles. The largest absolute Gasteiger partial charge is 0.463 e. The molecule has 24 heavy (non-hydrogen) atoms. The molecule has 2 N–H and O–H groups in total. The van der Waals surface area contributed by atoms with Crippen LogP contribution in [-0.4, -0.2) is 40.2 Å². The molecule has 3 aromatic rings. The Morgan fingerprint density at radius 1 is 1.54 bits per heavy atom. The smallest absolute Gasteiger partial charge is 0.271 e. The summed E-state index contributed by atoms with van der Waals surface area (Å²) in [5, 5.41) is 12.9. The minimum atomic E-state index is -0.185. The number of amides is 1. The number of hydrogen-bond donors (Lipinski definition) is 2. The Kier molecular flexibility index (Phi) is 4.04. The first-order valence-corrected chi connectivity index (χ1v) is 8.73. The molecule has 0 aromatic carbocycles. The van der Waals surface area contributed by atoms with Crippen LogP contribution in [0.4, 0.5) is 5.13 Å². The van der Waals surface area contributed by atoms with Crippen LogP contribution in [0.2, 0.25) is 0 Å². The number of hydrogen-bond acceptors (Lipinski definition) is 6. The maximum Gasteiger partial charge on any atom is 0.271 e. The van der Waals surface area contributed by atoms with Gasteiger partial charge in [-0.15, -0.1) is 11.3 Å². The number of nitrogens with one attached hydrogen (secondary N) is 2. The van der Waals surface area contributed by atoms with E-state index in [0.29, 0.717) is 23.7 Å². The summed E-state index contributed by atoms with van der Waals surface area (Å²) in [6.45, 7) is 1.57. The number of furan rings is 1. The molecule has 124 valence electrons. The minimum Gasteiger partial charge on any atom is -0.463 e. The van der Waals surface area contributed by atoms with E-state index in [1.54, 1.807) is 29.7 Å². The standard InChI is InChI=1S/C16H17N5O2S/c22-15(13-9-12(19-20-13)14-4-2-7-23-14)18-10-11-3-1-6-21(11)16-17-5-8-24-16/h2,4-5,7-9,11H,1,3,6,10H2,(H,18,22)(H,19,20). The van der Waals surface area contributed by atoms with Gasteiger partial charge in [0.15, 0.2) is 16.6 Å². The second-order valence-electron chi connectivity index (χ2n) is 5.66. The van der Waals surface area contributed by atoms with Crippen molar-refractivity contribution in [3.63, 3.8) is 0 Å². The average molecular weight is 343 g/mol. The molecule has 1 amide bonds. The lowest BCUT2D eigenvalue weighted by atomic mass is 10.2. The highest BCUT2D eigenvalue weighted by Gasteiger charge is 2.27. The fourth-order valence-electron chi connectivity index (χ4n) is 2.95. The van der Waals surface area contributed by atoms with Crippen LogP contribution in [0.1, 0.15) is 23.3 Å². The van der Waals surface area contributed by atoms with Gasteiger partial charge in [-0.05, 0) is 25.0 Å². The Balaban J connectivity index is 1.38. The van der Waals surface area contributed by atoms with E-state index in [-0.39, 0.29) is 11.9 Å². The minimum absolute atomic E-state index is 0.185. The maximum atomic E-state index is 12.3. The number of anilines is 1. The zero-order valence-electron chi connectivity index (χ0n) is 12.9. The zero-order chi connectivity index (χ0) is 16.4. The van der Waals surface area contributed by atoms with Crippen LogP contribution in [0.25, 0.3) is 11.5 Å². The lowest BCUT2D eigenvalue weighted by Crippen LogP contribution is -2.40. The quantitative estimate of drug-likeness (QED) is 0.743. The van der Waals surface area contributed by atoms with Crippen molar-refractivity contribution in [2.75, 3.05) is 18.0 Å². The van der Waals surface area contributed by atoms with Crippen molar-refractivity contribution < 1.29 is 9.21 Å². The molecule has 1 unspecified atom stereocenters. The van der Waals surface area contributed by atoms with E-state index >= 15 is 0 Å². The van der Waals surface area contributed by atoms with Gasteiger partial charge in [0.25, 0.3) is 5.91 Å². The monoisotopic (exact) mass is 343 g/mol. The van der Waals surface area contributed by atoms with Gasteiger partial charge in [-0.3, -0.25) is 9.89 Å². The van der Waals surface area contributed by atoms with Gasteiger partial charge < -0.3 is 14.6 Å². The molecule has 0 spiro atoms. The van der Waals surface area contributed by atoms with Crippen molar-refractivity contribution in [3.05, 3.63) is 41.7 Å². The highest BCUT2D eigenvalue weighted by Crippen LogP contribution is 2.26. The van der Waals surface area contributed by atoms with Crippen molar-refractivity contribution in [1.82, 2.24) is 20.5 Å². The third-order valence-electron chi connectivity index (χ3n) is 4.14. The molecule has 4 rings (SSSR count). The molecule has 0 saturated carbocycles. The lowest BCUT2D eigenvalue weighted by molar-refractivity contribution is 0.0946. The van der Waals surface area contributed by atoms with Gasteiger partial charge in [-0.2, -0.15) is 5.10 Å². The van der Waals surface area contributed by atoms with Crippen LogP contribution < -0.4 is 10.2 Å². The van der Waals surface area contributed by atoms with Crippen LogP contribution >= 0.6 is 11.3 Å². The number of aromatic nitrogens is 3. The fraction of sp³-hybridized carbons (Fsp3) is 0.312. The molecule has 1 fully saturated rings. The summed E-state index contributed by atoms with van der Waals surface area (Å²) in [6, 6.07) is 5.59. The van der Waals surface area contributed by atoms with Crippen molar-refractivity contribution in [2.24, 2.45) is 0 Å². The summed E-state index contributed by atoms with van der Waals surface area (Å²) in [5.74, 6) is 0.474. The normalized spacial score (nSPS) is 17.3. The molecular formula is C16H17N5O2S. The third-order valence-corrected chi connectivity index (χ3v) is 4.95. The van der Waals surface area contributed by atoms with Crippen LogP contribution in [0.3, 0.4) is 0 Å². The Labute approximate surface area is 142 Å². The first-order chi connectivity index (χ1) is 11.8. The summed E-state index contributed by atoms with van der Waals surface area (Å²) in [6.07, 6.45) is 5.57. The first kappa shape index (κ1) is 14.9. The SMILES string of the molecule is O=C(NCC1CCCN1c1nccs1)c1cc(-c2ccco2)[nH]n1. The summed E-state index contributed by atoms with van der Waals surface area (Å²) in [5.41, 5.74) is 1.05. The predicted octanol–water partition coefficient (Wildman–Crippen LogP) is 2.53. The number of rotatable bonds is 5. The van der Waals surface area contributed by atoms with Crippen LogP contribution in [0, 0.1) is 0 Å². The molecule has 4 heterocycles. The Bertz CT molecular complexity index is 796. The number of carbonyl (C=O) groups is 1. The number of H-pyrrole nitrogens is 1. The molecule has 1 atom stereocenters. The molecule has 0 aliphatic carbocycles. The number of aromatic amines is 1. The summed E-state index contributed by atoms with van der Waals surface area (Å²) < 4.78 is 5.29. The number of carbonyl (C=O) groups excluding carboxylic acids is 1. The molecule has 1 aliphatic rings. The summed E-state index contributed by atoms with van der Waals surface area (Å²) in [7, 11) is 0. The number of thiazole rings is 1. The third kappa shape index (κ3) is 2.92. The van der Waals surface area contributed by atoms with Crippen molar-refractivity contribution in [2.45, 2.75) is 18.9 Å². The van der Waals surface area contributed by atoms with Gasteiger partial charge in [-0.25, -0.2) is 4.98 Å². The molecular weight excluding hydrogens is 326 g/mol. The Hall–Kier alpha value is -2.61. The van der Waals surface area contributed by atoms with Crippen LogP contribution in [0.5, 0.6) is 0 Å². The lowest BCUT2D eigenvalue weighted by Gasteiger charge is -2.24. The van der Waals surface area contributed by atoms with Crippen molar-refractivity contribution >= 4 is 22.4 Å². The summed E-state index contributed by atoms with van der Waals surface area (Å²) in [4.78, 5) is 19.0. The number of nitrogens with zero attached hydrogens (tertiary/aromatic N) is 3. The van der Waals surface area contributed by atoms with E-state index < -0.39 is 0 Å². The maximum absolute atomic E-state index is 12.3. The van der Waals surface area contributed by atoms with E-state index in [0.717, 1.165) is 24.5 Å².